The second-order valence-electron chi connectivity index (χ2n) is 6.33. The Kier molecular flexibility index (Phi) is 4.92. The van der Waals surface area contributed by atoms with Crippen LogP contribution in [0.3, 0.4) is 0 Å². The summed E-state index contributed by atoms with van der Waals surface area (Å²) in [5, 5.41) is 0. The first-order valence-electron chi connectivity index (χ1n) is 8.44. The van der Waals surface area contributed by atoms with Gasteiger partial charge < -0.3 is 5.73 Å². The number of carbonyl (C=O) groups is 1. The van der Waals surface area contributed by atoms with E-state index in [0.717, 1.165) is 30.4 Å². The summed E-state index contributed by atoms with van der Waals surface area (Å²) < 4.78 is 28.4. The van der Waals surface area contributed by atoms with E-state index in [9.17, 15) is 13.2 Å². The maximum absolute atomic E-state index is 12.8. The molecule has 0 aliphatic heterocycles. The molecule has 1 aliphatic carbocycles. The lowest BCUT2D eigenvalue weighted by molar-refractivity contribution is 0.0988. The number of Topliss-reactive ketones (excluding diaryl/α,β-unsaturated/α-hetero) is 1. The van der Waals surface area contributed by atoms with E-state index in [1.165, 1.54) is 12.1 Å². The third-order valence-corrected chi connectivity index (χ3v) is 6.04. The molecule has 5 nitrogen and oxygen atoms in total. The highest BCUT2D eigenvalue weighted by Crippen LogP contribution is 2.32. The van der Waals surface area contributed by atoms with E-state index in [1.807, 2.05) is 12.1 Å². The van der Waals surface area contributed by atoms with Crippen molar-refractivity contribution < 1.29 is 13.2 Å². The van der Waals surface area contributed by atoms with Crippen molar-refractivity contribution in [3.8, 4) is 0 Å². The van der Waals surface area contributed by atoms with Crippen molar-refractivity contribution >= 4 is 21.5 Å². The van der Waals surface area contributed by atoms with Gasteiger partial charge in [-0.3, -0.25) is 4.79 Å². The Hall–Kier alpha value is -2.18. The molecule has 3 rings (SSSR count). The number of sulfonamides is 1. The number of ketones is 1. The molecule has 0 heterocycles. The number of nitrogen functional groups attached to an aromatic ring is 1. The number of fused-ring (bicyclic) bond motifs is 1. The third kappa shape index (κ3) is 3.75. The van der Waals surface area contributed by atoms with E-state index < -0.39 is 10.0 Å². The number of hydrogen-bond donors (Lipinski definition) is 2. The quantitative estimate of drug-likeness (QED) is 0.634. The monoisotopic (exact) mass is 358 g/mol. The van der Waals surface area contributed by atoms with Crippen LogP contribution in [0.15, 0.2) is 47.4 Å². The van der Waals surface area contributed by atoms with Crippen molar-refractivity contribution in [2.24, 2.45) is 0 Å². The van der Waals surface area contributed by atoms with Gasteiger partial charge in [0.05, 0.1) is 4.90 Å². The second kappa shape index (κ2) is 6.98. The molecule has 0 aromatic heterocycles. The molecular formula is C19H22N2O3S. The predicted molar refractivity (Wildman–Crippen MR) is 97.9 cm³/mol. The van der Waals surface area contributed by atoms with E-state index in [1.54, 1.807) is 25.1 Å². The Labute approximate surface area is 148 Å². The van der Waals surface area contributed by atoms with Gasteiger partial charge in [0.15, 0.2) is 5.78 Å². The molecule has 25 heavy (non-hydrogen) atoms. The van der Waals surface area contributed by atoms with Crippen LogP contribution in [0.25, 0.3) is 0 Å². The minimum atomic E-state index is -3.71. The summed E-state index contributed by atoms with van der Waals surface area (Å²) in [5.41, 5.74) is 9.01. The summed E-state index contributed by atoms with van der Waals surface area (Å²) >= 11 is 0. The van der Waals surface area contributed by atoms with Crippen molar-refractivity contribution in [3.05, 3.63) is 59.2 Å². The van der Waals surface area contributed by atoms with Gasteiger partial charge in [0, 0.05) is 23.7 Å². The molecule has 1 aliphatic rings. The molecule has 0 amide bonds. The van der Waals surface area contributed by atoms with Gasteiger partial charge in [-0.15, -0.1) is 0 Å². The Morgan fingerprint density at radius 2 is 2.04 bits per heavy atom. The zero-order valence-electron chi connectivity index (χ0n) is 14.2. The van der Waals surface area contributed by atoms with Crippen molar-refractivity contribution in [1.29, 1.82) is 0 Å². The van der Waals surface area contributed by atoms with E-state index >= 15 is 0 Å². The summed E-state index contributed by atoms with van der Waals surface area (Å²) in [6.07, 6.45) is 2.88. The van der Waals surface area contributed by atoms with Crippen LogP contribution in [0.4, 0.5) is 5.69 Å². The summed E-state index contributed by atoms with van der Waals surface area (Å²) in [7, 11) is -3.71. The minimum absolute atomic E-state index is 0.0736. The molecule has 0 bridgehead atoms. The van der Waals surface area contributed by atoms with Crippen molar-refractivity contribution in [1.82, 2.24) is 4.72 Å². The van der Waals surface area contributed by atoms with E-state index in [2.05, 4.69) is 4.72 Å². The molecule has 2 aromatic carbocycles. The highest BCUT2D eigenvalue weighted by atomic mass is 32.2. The highest BCUT2D eigenvalue weighted by molar-refractivity contribution is 7.89. The van der Waals surface area contributed by atoms with Crippen LogP contribution in [0.2, 0.25) is 0 Å². The fourth-order valence-electron chi connectivity index (χ4n) is 3.25. The standard InChI is InChI=1S/C19H22N2O3S/c1-2-19(22)14-6-3-7-16(12-14)25(23,24)21-18-8-4-5-13-11-15(20)9-10-17(13)18/h3,6-7,9-12,18,21H,2,4-5,8,20H2,1H3. The van der Waals surface area contributed by atoms with Gasteiger partial charge in [0.25, 0.3) is 0 Å². The summed E-state index contributed by atoms with van der Waals surface area (Å²) in [5.74, 6) is -0.0736. The average Bonchev–Trinajstić information content (AvgIpc) is 2.61. The third-order valence-electron chi connectivity index (χ3n) is 4.57. The summed E-state index contributed by atoms with van der Waals surface area (Å²) in [4.78, 5) is 12.0. The minimum Gasteiger partial charge on any atom is -0.399 e. The maximum Gasteiger partial charge on any atom is 0.241 e. The summed E-state index contributed by atoms with van der Waals surface area (Å²) in [6.45, 7) is 1.76. The molecule has 3 N–H and O–H groups in total. The average molecular weight is 358 g/mol. The number of anilines is 1. The van der Waals surface area contributed by atoms with Crippen molar-refractivity contribution in [2.75, 3.05) is 5.73 Å². The fraction of sp³-hybridized carbons (Fsp3) is 0.316. The zero-order valence-corrected chi connectivity index (χ0v) is 15.0. The van der Waals surface area contributed by atoms with E-state index in [0.29, 0.717) is 17.7 Å². The molecule has 132 valence electrons. The van der Waals surface area contributed by atoms with Crippen LogP contribution in [-0.4, -0.2) is 14.2 Å². The number of nitrogens with one attached hydrogen (secondary N) is 1. The molecule has 1 atom stereocenters. The Morgan fingerprint density at radius 3 is 2.80 bits per heavy atom. The van der Waals surface area contributed by atoms with Crippen LogP contribution in [0.1, 0.15) is 53.7 Å². The van der Waals surface area contributed by atoms with Crippen LogP contribution >= 0.6 is 0 Å². The SMILES string of the molecule is CCC(=O)c1cccc(S(=O)(=O)NC2CCCc3cc(N)ccc32)c1. The van der Waals surface area contributed by atoms with Crippen molar-refractivity contribution in [2.45, 2.75) is 43.5 Å². The Morgan fingerprint density at radius 1 is 1.24 bits per heavy atom. The normalized spacial score (nSPS) is 17.1. The van der Waals surface area contributed by atoms with E-state index in [4.69, 9.17) is 5.73 Å². The van der Waals surface area contributed by atoms with Crippen LogP contribution in [0.5, 0.6) is 0 Å². The van der Waals surface area contributed by atoms with Gasteiger partial charge in [0.2, 0.25) is 10.0 Å². The Bertz CT molecular complexity index is 907. The fourth-order valence-corrected chi connectivity index (χ4v) is 4.55. The lowest BCUT2D eigenvalue weighted by atomic mass is 9.88. The second-order valence-corrected chi connectivity index (χ2v) is 8.04. The first kappa shape index (κ1) is 17.6. The predicted octanol–water partition coefficient (Wildman–Crippen LogP) is 3.22. The topological polar surface area (TPSA) is 89.3 Å². The first-order valence-corrected chi connectivity index (χ1v) is 9.93. The number of carbonyl (C=O) groups excluding carboxylic acids is 1. The van der Waals surface area contributed by atoms with Gasteiger partial charge in [-0.2, -0.15) is 0 Å². The van der Waals surface area contributed by atoms with Gasteiger partial charge in [0.1, 0.15) is 0 Å². The molecule has 1 unspecified atom stereocenters. The molecule has 0 radical (unpaired) electrons. The Balaban J connectivity index is 1.90. The largest absolute Gasteiger partial charge is 0.399 e. The number of rotatable bonds is 5. The molecule has 2 aromatic rings. The first-order chi connectivity index (χ1) is 11.9. The lowest BCUT2D eigenvalue weighted by Gasteiger charge is -2.26. The van der Waals surface area contributed by atoms with Gasteiger partial charge in [-0.05, 0) is 54.7 Å². The van der Waals surface area contributed by atoms with Crippen LogP contribution in [-0.2, 0) is 16.4 Å². The number of nitrogens with two attached hydrogens (primary N) is 1. The lowest BCUT2D eigenvalue weighted by Crippen LogP contribution is -2.31. The van der Waals surface area contributed by atoms with Crippen molar-refractivity contribution in [3.63, 3.8) is 0 Å². The molecule has 0 spiro atoms. The van der Waals surface area contributed by atoms with Gasteiger partial charge >= 0.3 is 0 Å². The molecule has 6 heteroatoms. The van der Waals surface area contributed by atoms with Gasteiger partial charge in [-0.25, -0.2) is 13.1 Å². The van der Waals surface area contributed by atoms with Crippen LogP contribution in [0, 0.1) is 0 Å². The number of benzene rings is 2. The highest BCUT2D eigenvalue weighted by Gasteiger charge is 2.26. The summed E-state index contributed by atoms with van der Waals surface area (Å²) in [6, 6.07) is 11.5. The maximum atomic E-state index is 12.8. The molecular weight excluding hydrogens is 336 g/mol. The molecule has 0 saturated heterocycles. The van der Waals surface area contributed by atoms with Gasteiger partial charge in [-0.1, -0.05) is 25.1 Å². The number of aryl methyl sites for hydroxylation is 1. The smallest absolute Gasteiger partial charge is 0.241 e. The van der Waals surface area contributed by atoms with E-state index in [-0.39, 0.29) is 16.7 Å². The zero-order chi connectivity index (χ0) is 18.0. The van der Waals surface area contributed by atoms with Crippen LogP contribution < -0.4 is 10.5 Å². The molecule has 0 fully saturated rings. The molecule has 0 saturated carbocycles. The number of hydrogen-bond acceptors (Lipinski definition) is 4.